The van der Waals surface area contributed by atoms with E-state index < -0.39 is 0 Å². The van der Waals surface area contributed by atoms with E-state index in [1.54, 1.807) is 0 Å². The second-order valence-corrected chi connectivity index (χ2v) is 7.45. The number of hydrogen-bond acceptors (Lipinski definition) is 2. The molecule has 1 aliphatic rings. The predicted octanol–water partition coefficient (Wildman–Crippen LogP) is 4.88. The third kappa shape index (κ3) is 4.66. The minimum Gasteiger partial charge on any atom is -0.331 e. The number of nitrogens with zero attached hydrogens (tertiary/aromatic N) is 1. The molecule has 0 fully saturated rings. The maximum atomic E-state index is 13.0. The van der Waals surface area contributed by atoms with Gasteiger partial charge >= 0.3 is 0 Å². The van der Waals surface area contributed by atoms with Crippen LogP contribution in [0.3, 0.4) is 0 Å². The Kier molecular flexibility index (Phi) is 6.70. The highest BCUT2D eigenvalue weighted by molar-refractivity contribution is 6.30. The molecule has 2 aromatic rings. The molecular weight excluding hydrogens is 344 g/mol. The zero-order valence-corrected chi connectivity index (χ0v) is 15.9. The first-order valence-electron chi connectivity index (χ1n) is 9.51. The quantitative estimate of drug-likeness (QED) is 0.706. The van der Waals surface area contributed by atoms with Gasteiger partial charge in [0.25, 0.3) is 0 Å². The molecule has 1 aliphatic heterocycles. The molecule has 0 spiro atoms. The number of nitrogens with two attached hydrogens (primary N) is 1. The Morgan fingerprint density at radius 3 is 2.58 bits per heavy atom. The molecule has 26 heavy (non-hydrogen) atoms. The van der Waals surface area contributed by atoms with Crippen LogP contribution in [0, 0.1) is 0 Å². The number of hydrogen-bond donors (Lipinski definition) is 1. The van der Waals surface area contributed by atoms with Crippen molar-refractivity contribution in [2.75, 3.05) is 6.54 Å². The molecule has 0 aromatic heterocycles. The lowest BCUT2D eigenvalue weighted by Crippen LogP contribution is -2.38. The van der Waals surface area contributed by atoms with Crippen LogP contribution in [-0.4, -0.2) is 17.4 Å². The molecule has 3 nitrogen and oxygen atoms in total. The summed E-state index contributed by atoms with van der Waals surface area (Å²) in [5.41, 5.74) is 9.20. The van der Waals surface area contributed by atoms with E-state index in [-0.39, 0.29) is 11.9 Å². The van der Waals surface area contributed by atoms with Gasteiger partial charge in [-0.15, -0.1) is 0 Å². The topological polar surface area (TPSA) is 46.3 Å². The van der Waals surface area contributed by atoms with Crippen LogP contribution in [0.25, 0.3) is 0 Å². The van der Waals surface area contributed by atoms with Crippen LogP contribution < -0.4 is 5.73 Å². The number of carbonyl (C=O) groups excluding carboxylic acids is 1. The molecule has 1 atom stereocenters. The minimum absolute atomic E-state index is 0.0985. The van der Waals surface area contributed by atoms with E-state index in [4.69, 9.17) is 17.3 Å². The van der Waals surface area contributed by atoms with E-state index in [0.717, 1.165) is 43.7 Å². The van der Waals surface area contributed by atoms with Gasteiger partial charge in [-0.05, 0) is 54.6 Å². The van der Waals surface area contributed by atoms with Gasteiger partial charge in [-0.25, -0.2) is 0 Å². The van der Waals surface area contributed by atoms with Crippen molar-refractivity contribution in [2.24, 2.45) is 5.73 Å². The summed E-state index contributed by atoms with van der Waals surface area (Å²) in [7, 11) is 0. The summed E-state index contributed by atoms with van der Waals surface area (Å²) >= 11 is 6.18. The standard InChI is InChI=1S/C22H27ClN2O/c23-20-12-11-18-15-21(17-8-4-3-5-9-17)25(16-19(18)14-20)22(26)10-6-1-2-7-13-24/h3-5,8-9,11-12,14,21H,1-2,6-7,10,13,15-16,24H2. The van der Waals surface area contributed by atoms with E-state index in [9.17, 15) is 4.79 Å². The lowest BCUT2D eigenvalue weighted by Gasteiger charge is -2.37. The molecule has 0 radical (unpaired) electrons. The number of unbranched alkanes of at least 4 members (excludes halogenated alkanes) is 3. The lowest BCUT2D eigenvalue weighted by atomic mass is 9.89. The van der Waals surface area contributed by atoms with Crippen molar-refractivity contribution in [2.45, 2.75) is 51.1 Å². The van der Waals surface area contributed by atoms with Gasteiger partial charge in [0.2, 0.25) is 5.91 Å². The fourth-order valence-electron chi connectivity index (χ4n) is 3.71. The highest BCUT2D eigenvalue weighted by Crippen LogP contribution is 2.35. The Labute approximate surface area is 161 Å². The van der Waals surface area contributed by atoms with Crippen molar-refractivity contribution < 1.29 is 4.79 Å². The molecule has 138 valence electrons. The number of benzene rings is 2. The first-order valence-corrected chi connectivity index (χ1v) is 9.88. The normalized spacial score (nSPS) is 16.4. The summed E-state index contributed by atoms with van der Waals surface area (Å²) in [5.74, 6) is 0.234. The zero-order chi connectivity index (χ0) is 18.4. The van der Waals surface area contributed by atoms with Crippen molar-refractivity contribution in [1.29, 1.82) is 0 Å². The number of fused-ring (bicyclic) bond motifs is 1. The maximum absolute atomic E-state index is 13.0. The highest BCUT2D eigenvalue weighted by atomic mass is 35.5. The van der Waals surface area contributed by atoms with Gasteiger partial charge in [0, 0.05) is 18.0 Å². The molecule has 2 N–H and O–H groups in total. The Morgan fingerprint density at radius 2 is 1.81 bits per heavy atom. The van der Waals surface area contributed by atoms with Gasteiger partial charge in [-0.2, -0.15) is 0 Å². The minimum atomic E-state index is 0.0985. The molecule has 0 saturated carbocycles. The van der Waals surface area contributed by atoms with Crippen LogP contribution >= 0.6 is 11.6 Å². The smallest absolute Gasteiger partial charge is 0.223 e. The first-order chi connectivity index (χ1) is 12.7. The van der Waals surface area contributed by atoms with Crippen molar-refractivity contribution in [3.05, 3.63) is 70.2 Å². The Morgan fingerprint density at radius 1 is 1.04 bits per heavy atom. The largest absolute Gasteiger partial charge is 0.331 e. The number of carbonyl (C=O) groups is 1. The van der Waals surface area contributed by atoms with Crippen LogP contribution in [0.15, 0.2) is 48.5 Å². The monoisotopic (exact) mass is 370 g/mol. The van der Waals surface area contributed by atoms with Crippen molar-refractivity contribution in [1.82, 2.24) is 4.90 Å². The Hall–Kier alpha value is -1.84. The second-order valence-electron chi connectivity index (χ2n) is 7.02. The van der Waals surface area contributed by atoms with Gasteiger partial charge in [0.05, 0.1) is 6.04 Å². The fraction of sp³-hybridized carbons (Fsp3) is 0.409. The van der Waals surface area contributed by atoms with E-state index in [0.29, 0.717) is 13.0 Å². The van der Waals surface area contributed by atoms with E-state index in [1.807, 2.05) is 35.2 Å². The summed E-state index contributed by atoms with van der Waals surface area (Å²) in [6, 6.07) is 16.5. The van der Waals surface area contributed by atoms with Crippen LogP contribution in [0.5, 0.6) is 0 Å². The average Bonchev–Trinajstić information content (AvgIpc) is 2.67. The lowest BCUT2D eigenvalue weighted by molar-refractivity contribution is -0.135. The molecule has 0 aliphatic carbocycles. The predicted molar refractivity (Wildman–Crippen MR) is 107 cm³/mol. The third-order valence-corrected chi connectivity index (χ3v) is 5.38. The number of halogens is 1. The van der Waals surface area contributed by atoms with Crippen molar-refractivity contribution in [3.8, 4) is 0 Å². The summed E-state index contributed by atoms with van der Waals surface area (Å²) in [6.07, 6.45) is 5.58. The van der Waals surface area contributed by atoms with Crippen LogP contribution in [0.4, 0.5) is 0 Å². The van der Waals surface area contributed by atoms with E-state index in [2.05, 4.69) is 18.2 Å². The Bertz CT molecular complexity index is 732. The van der Waals surface area contributed by atoms with Gasteiger partial charge in [0.15, 0.2) is 0 Å². The first kappa shape index (κ1) is 18.9. The van der Waals surface area contributed by atoms with Crippen molar-refractivity contribution >= 4 is 17.5 Å². The SMILES string of the molecule is NCCCCCCC(=O)N1Cc2cc(Cl)ccc2CC1c1ccccc1. The van der Waals surface area contributed by atoms with Gasteiger partial charge in [-0.1, -0.05) is 60.8 Å². The summed E-state index contributed by atoms with van der Waals surface area (Å²) in [4.78, 5) is 15.0. The van der Waals surface area contributed by atoms with Crippen LogP contribution in [-0.2, 0) is 17.8 Å². The molecule has 4 heteroatoms. The average molecular weight is 371 g/mol. The molecular formula is C22H27ClN2O. The number of rotatable bonds is 7. The summed E-state index contributed by atoms with van der Waals surface area (Å²) in [5, 5.41) is 0.732. The molecule has 2 aromatic carbocycles. The van der Waals surface area contributed by atoms with Crippen molar-refractivity contribution in [3.63, 3.8) is 0 Å². The molecule has 0 bridgehead atoms. The third-order valence-electron chi connectivity index (χ3n) is 5.15. The van der Waals surface area contributed by atoms with Gasteiger partial charge in [-0.3, -0.25) is 4.79 Å². The molecule has 3 rings (SSSR count). The fourth-order valence-corrected chi connectivity index (χ4v) is 3.90. The Balaban J connectivity index is 1.76. The van der Waals surface area contributed by atoms with Gasteiger partial charge in [0.1, 0.15) is 0 Å². The molecule has 1 heterocycles. The summed E-state index contributed by atoms with van der Waals surface area (Å²) < 4.78 is 0. The van der Waals surface area contributed by atoms with Crippen LogP contribution in [0.1, 0.15) is 54.8 Å². The van der Waals surface area contributed by atoms with E-state index >= 15 is 0 Å². The second kappa shape index (κ2) is 9.20. The zero-order valence-electron chi connectivity index (χ0n) is 15.2. The molecule has 1 unspecified atom stereocenters. The molecule has 0 saturated heterocycles. The van der Waals surface area contributed by atoms with Gasteiger partial charge < -0.3 is 10.6 Å². The molecule has 1 amide bonds. The van der Waals surface area contributed by atoms with E-state index in [1.165, 1.54) is 16.7 Å². The highest BCUT2D eigenvalue weighted by Gasteiger charge is 2.30. The van der Waals surface area contributed by atoms with Crippen LogP contribution in [0.2, 0.25) is 5.02 Å². The summed E-state index contributed by atoms with van der Waals surface area (Å²) in [6.45, 7) is 1.37. The number of amides is 1. The maximum Gasteiger partial charge on any atom is 0.223 e.